The van der Waals surface area contributed by atoms with E-state index >= 15 is 0 Å². The minimum atomic E-state index is -1.15. The molecule has 0 N–H and O–H groups in total. The van der Waals surface area contributed by atoms with Crippen molar-refractivity contribution in [2.45, 2.75) is 226 Å². The van der Waals surface area contributed by atoms with Gasteiger partial charge in [-0.1, -0.05) is 201 Å². The van der Waals surface area contributed by atoms with Crippen LogP contribution in [-0.2, 0) is 66.7 Å². The van der Waals surface area contributed by atoms with Crippen LogP contribution in [0, 0.1) is 16.2 Å². The van der Waals surface area contributed by atoms with Crippen LogP contribution in [0.2, 0.25) is 0 Å². The molecule has 0 bridgehead atoms. The van der Waals surface area contributed by atoms with E-state index in [4.69, 9.17) is 37.9 Å². The van der Waals surface area contributed by atoms with Gasteiger partial charge in [0.05, 0.1) is 149 Å². The minimum Gasteiger partial charge on any atom is -0.460 e. The van der Waals surface area contributed by atoms with Gasteiger partial charge in [0, 0.05) is 0 Å². The molecule has 32 heteroatoms. The third-order valence-corrected chi connectivity index (χ3v) is 28.8. The molecule has 6 atom stereocenters. The largest absolute Gasteiger partial charge is 0.460 e. The first-order valence-corrected chi connectivity index (χ1v) is 48.5. The van der Waals surface area contributed by atoms with E-state index in [1.54, 1.807) is 74.6 Å². The molecule has 0 amide bonds. The van der Waals surface area contributed by atoms with Crippen LogP contribution in [0.5, 0.6) is 0 Å². The molecule has 2 saturated heterocycles. The fourth-order valence-corrected chi connectivity index (χ4v) is 18.2. The summed E-state index contributed by atoms with van der Waals surface area (Å²) in [5.74, 6) is -3.03. The van der Waals surface area contributed by atoms with Crippen molar-refractivity contribution in [3.63, 3.8) is 0 Å². The van der Waals surface area contributed by atoms with E-state index in [0.717, 1.165) is 97.6 Å². The van der Waals surface area contributed by atoms with Crippen molar-refractivity contribution >= 4 is 70.5 Å². The summed E-state index contributed by atoms with van der Waals surface area (Å²) < 4.78 is 53.9. The predicted molar refractivity (Wildman–Crippen MR) is 528 cm³/mol. The van der Waals surface area contributed by atoms with Crippen molar-refractivity contribution in [3.05, 3.63) is 325 Å². The van der Waals surface area contributed by atoms with Crippen LogP contribution in [0.15, 0.2) is 257 Å². The molecular weight excluding hydrogens is 1820 g/mol. The Morgan fingerprint density at radius 3 is 0.629 bits per heavy atom. The molecule has 12 aromatic rings. The van der Waals surface area contributed by atoms with Crippen molar-refractivity contribution < 1.29 is 95.4 Å². The van der Waals surface area contributed by atoms with Crippen LogP contribution in [0.25, 0.3) is 0 Å². The molecule has 32 nitrogen and oxygen atoms in total. The number of hydrogen-bond acceptors (Lipinski definition) is 26. The molecule has 8 heterocycles. The fraction of sp³-hybridized carbons (Fsp3) is 0.405. The lowest BCUT2D eigenvalue weighted by Crippen LogP contribution is -2.58. The van der Waals surface area contributed by atoms with Crippen LogP contribution in [0.1, 0.15) is 306 Å². The summed E-state index contributed by atoms with van der Waals surface area (Å²) in [4.78, 5) is 171. The SMILES string of the molecule is CC(=O)C1(COC(=O)c2cncn2[C@H](C)c2ccccc2)CCC1.CC(=O)C1(COC(=O)c2cncn2[C@H](C)c2ccccc2)CCCC1.CC(=O)C1(COC(=O)c2cncn2[C@H](C)c2ccccc2)COC1.CC(=O)C1(OC(=O)c2cncn2[C@H](C)c2ccccc2)CCC1.CC(=O)C1(OC(=O)c2cncn2[C@H](C)c2ccccc2)CCCC1.CC(=O)C1(OC(=O)c2cncn2[C@H](C)c2ccccc2)COC1. The number of benzene rings is 6. The summed E-state index contributed by atoms with van der Waals surface area (Å²) in [5, 5.41) is 0. The number of ether oxygens (including phenoxy) is 8. The molecule has 750 valence electrons. The Bertz CT molecular complexity index is 6100. The van der Waals surface area contributed by atoms with Crippen molar-refractivity contribution in [1.82, 2.24) is 57.3 Å². The molecular formula is C111H126N12O20. The number of imidazole rings is 6. The summed E-state index contributed by atoms with van der Waals surface area (Å²) in [6.07, 6.45) is 30.1. The van der Waals surface area contributed by atoms with E-state index in [0.29, 0.717) is 73.1 Å². The second kappa shape index (κ2) is 47.7. The Labute approximate surface area is 832 Å². The Balaban J connectivity index is 0.000000144. The van der Waals surface area contributed by atoms with Gasteiger partial charge >= 0.3 is 35.8 Å². The molecule has 4 saturated carbocycles. The number of Topliss-reactive ketones (excluding diaryl/α,β-unsaturated/α-hetero) is 6. The second-order valence-electron chi connectivity index (χ2n) is 37.8. The molecule has 0 spiro atoms. The monoisotopic (exact) mass is 1950 g/mol. The number of esters is 6. The molecule has 18 rings (SSSR count). The third kappa shape index (κ3) is 24.7. The van der Waals surface area contributed by atoms with Crippen LogP contribution >= 0.6 is 0 Å². The van der Waals surface area contributed by atoms with E-state index in [9.17, 15) is 57.5 Å². The lowest BCUT2D eigenvalue weighted by Gasteiger charge is -2.38. The standard InChI is InChI=1S/C20H24N2O3.2C19H22N2O3.C18H20N2O4.C18H20N2O3.C17H18N2O4/c1-15(17-8-4-3-5-9-17)22-14-21-12-18(22)19(24)25-13-20(16(2)23)10-6-7-11-20;1-14(16-8-4-3-5-9-16)21-13-20-12-17(21)18(23)24-19(15(2)22)10-6-7-11-19;1-14(16-7-4-3-5-8-16)21-13-20-11-17(21)18(23)24-12-19(15(2)22)9-6-10-19;1-13(15-6-4-3-5-7-15)20-12-19-8-16(20)17(22)24-11-18(14(2)21)9-23-10-18;1-13(15-7-4-3-5-8-15)20-12-19-11-16(20)17(22)23-18(14(2)21)9-6-10-18;1-12(14-6-4-3-5-7-14)19-11-18-8-15(19)16(21)23-17(13(2)20)9-22-10-17/h3-5,8-9,12,14-15H,6-7,10-11,13H2,1-2H3;3-5,8-9,12-14H,6-7,10-11H2,1-2H3;3-5,7-8,11,13-14H,6,9-10,12H2,1-2H3;3-8,12-13H,9-11H2,1-2H3;3-5,7-8,11-13H,6,9-10H2,1-2H3;3-8,11-12H,9-10H2,1-2H3/t15-;2*14-;2*13-;12-/m111111/s1. The third-order valence-electron chi connectivity index (χ3n) is 28.8. The van der Waals surface area contributed by atoms with Crippen LogP contribution in [0.4, 0.5) is 0 Å². The van der Waals surface area contributed by atoms with E-state index in [-0.39, 0.29) is 104 Å². The first kappa shape index (κ1) is 106. The summed E-state index contributed by atoms with van der Waals surface area (Å²) in [6, 6.07) is 59.0. The molecule has 0 unspecified atom stereocenters. The maximum Gasteiger partial charge on any atom is 0.357 e. The molecule has 6 aromatic heterocycles. The molecule has 143 heavy (non-hydrogen) atoms. The van der Waals surface area contributed by atoms with E-state index in [2.05, 4.69) is 29.9 Å². The Hall–Kier alpha value is -14.7. The van der Waals surface area contributed by atoms with Gasteiger partial charge in [0.2, 0.25) is 5.60 Å². The molecule has 6 aromatic carbocycles. The van der Waals surface area contributed by atoms with Crippen molar-refractivity contribution in [1.29, 1.82) is 0 Å². The van der Waals surface area contributed by atoms with Gasteiger partial charge in [-0.3, -0.25) is 28.8 Å². The maximum atomic E-state index is 12.7. The number of rotatable bonds is 33. The van der Waals surface area contributed by atoms with Gasteiger partial charge in [-0.2, -0.15) is 0 Å². The van der Waals surface area contributed by atoms with Gasteiger partial charge < -0.3 is 65.3 Å². The fourth-order valence-electron chi connectivity index (χ4n) is 18.2. The van der Waals surface area contributed by atoms with Crippen molar-refractivity contribution in [3.8, 4) is 0 Å². The summed E-state index contributed by atoms with van der Waals surface area (Å²) in [7, 11) is 0. The maximum absolute atomic E-state index is 12.7. The van der Waals surface area contributed by atoms with Crippen LogP contribution in [-0.4, -0.2) is 191 Å². The lowest BCUT2D eigenvalue weighted by atomic mass is 9.67. The Morgan fingerprint density at radius 1 is 0.252 bits per heavy atom. The van der Waals surface area contributed by atoms with E-state index in [1.807, 2.05) is 228 Å². The number of aromatic nitrogens is 12. The minimum absolute atomic E-state index is 0.0206. The highest BCUT2D eigenvalue weighted by molar-refractivity contribution is 5.96. The Morgan fingerprint density at radius 2 is 0.448 bits per heavy atom. The lowest BCUT2D eigenvalue weighted by molar-refractivity contribution is -0.188. The quantitative estimate of drug-likeness (QED) is 0.0272. The predicted octanol–water partition coefficient (Wildman–Crippen LogP) is 18.2. The number of nitrogens with zero attached hydrogens (tertiary/aromatic N) is 12. The number of carbonyl (C=O) groups is 12. The zero-order valence-electron chi connectivity index (χ0n) is 83.1. The summed E-state index contributed by atoms with van der Waals surface area (Å²) in [6.45, 7) is 22.2. The van der Waals surface area contributed by atoms with Crippen molar-refractivity contribution in [2.75, 3.05) is 46.2 Å². The summed E-state index contributed by atoms with van der Waals surface area (Å²) >= 11 is 0. The number of ketones is 6. The van der Waals surface area contributed by atoms with Crippen LogP contribution in [0.3, 0.4) is 0 Å². The molecule has 6 aliphatic rings. The smallest absolute Gasteiger partial charge is 0.357 e. The summed E-state index contributed by atoms with van der Waals surface area (Å²) in [5.41, 5.74) is 4.00. The first-order chi connectivity index (χ1) is 68.7. The second-order valence-corrected chi connectivity index (χ2v) is 37.8. The average molecular weight is 1950 g/mol. The van der Waals surface area contributed by atoms with E-state index in [1.165, 1.54) is 64.9 Å². The average Bonchev–Trinajstić information content (AvgIpc) is 1.74. The number of carbonyl (C=O) groups excluding carboxylic acids is 12. The molecule has 4 aliphatic carbocycles. The van der Waals surface area contributed by atoms with Gasteiger partial charge in [0.1, 0.15) is 76.7 Å². The first-order valence-electron chi connectivity index (χ1n) is 48.5. The highest BCUT2D eigenvalue weighted by Gasteiger charge is 2.51. The molecule has 6 fully saturated rings. The highest BCUT2D eigenvalue weighted by Crippen LogP contribution is 2.44. The zero-order chi connectivity index (χ0) is 102. The highest BCUT2D eigenvalue weighted by atomic mass is 16.6. The van der Waals surface area contributed by atoms with Crippen molar-refractivity contribution in [2.24, 2.45) is 16.2 Å². The van der Waals surface area contributed by atoms with Gasteiger partial charge in [-0.05, 0) is 187 Å². The molecule has 2 aliphatic heterocycles. The van der Waals surface area contributed by atoms with E-state index < -0.39 is 68.9 Å². The topological polar surface area (TPSA) is 386 Å². The van der Waals surface area contributed by atoms with Gasteiger partial charge in [0.25, 0.3) is 0 Å². The Kier molecular flexibility index (Phi) is 35.3. The van der Waals surface area contributed by atoms with Gasteiger partial charge in [-0.15, -0.1) is 0 Å². The van der Waals surface area contributed by atoms with Gasteiger partial charge in [0.15, 0.2) is 28.6 Å². The zero-order valence-corrected chi connectivity index (χ0v) is 83.1. The molecule has 0 radical (unpaired) electrons. The van der Waals surface area contributed by atoms with Gasteiger partial charge in [-0.25, -0.2) is 58.7 Å². The number of hydrogen-bond donors (Lipinski definition) is 0. The normalized spacial score (nSPS) is 17.1. The van der Waals surface area contributed by atoms with Crippen LogP contribution < -0.4 is 0 Å².